The van der Waals surface area contributed by atoms with Gasteiger partial charge in [0, 0.05) is 49.6 Å². The number of hydrogen-bond acceptors (Lipinski definition) is 2. The summed E-state index contributed by atoms with van der Waals surface area (Å²) in [6, 6.07) is 60.6. The Hall–Kier alpha value is -8.40. The van der Waals surface area contributed by atoms with Gasteiger partial charge in [-0.1, -0.05) is 153 Å². The smallest absolute Gasteiger partial charge is 0.143 e. The van der Waals surface area contributed by atoms with E-state index < -0.39 is 0 Å². The fourth-order valence-electron chi connectivity index (χ4n) is 9.36. The van der Waals surface area contributed by atoms with E-state index in [1.165, 1.54) is 0 Å². The third-order valence-corrected chi connectivity index (χ3v) is 12.3. The Bertz CT molecular complexity index is 4070. The number of fused-ring (bicyclic) bond motifs is 9. The highest BCUT2D eigenvalue weighted by molar-refractivity contribution is 6.16. The highest BCUT2D eigenvalue weighted by Gasteiger charge is 2.20. The predicted octanol–water partition coefficient (Wildman–Crippen LogP) is 15.2. The van der Waals surface area contributed by atoms with Crippen LogP contribution in [-0.4, -0.2) is 4.57 Å². The zero-order chi connectivity index (χ0) is 45.5. The number of rotatable bonds is 7. The maximum absolute atomic E-state index is 9.81. The largest absolute Gasteiger partial charge is 0.455 e. The topological polar surface area (TPSA) is 21.3 Å². The molecule has 0 saturated carbocycles. The molecule has 0 saturated heterocycles. The second kappa shape index (κ2) is 14.7. The minimum absolute atomic E-state index is 0.134. The monoisotopic (exact) mass is 808 g/mol. The number of anilines is 3. The molecule has 3 heteroatoms. The molecule has 0 amide bonds. The molecular weight excluding hydrogens is 765 g/mol. The fourth-order valence-corrected chi connectivity index (χ4v) is 9.36. The molecule has 296 valence electrons. The first-order chi connectivity index (χ1) is 32.8. The summed E-state index contributed by atoms with van der Waals surface area (Å²) in [6.07, 6.45) is 3.66. The number of aromatic nitrogens is 1. The molecule has 0 atom stereocenters. The molecule has 0 radical (unpaired) electrons. The lowest BCUT2D eigenvalue weighted by molar-refractivity contribution is 0.672. The van der Waals surface area contributed by atoms with E-state index in [4.69, 9.17) is 4.42 Å². The van der Waals surface area contributed by atoms with E-state index in [0.717, 1.165) is 92.5 Å². The molecule has 0 unspecified atom stereocenters. The molecule has 0 spiro atoms. The van der Waals surface area contributed by atoms with Gasteiger partial charge in [-0.3, -0.25) is 0 Å². The van der Waals surface area contributed by atoms with E-state index in [2.05, 4.69) is 109 Å². The SMILES string of the molecule is [2H]c1c([2H])c(N(c2ccc(-n3c4ccccc4c4ccccc43)cc2)c2ccccc2-c2ccc3oc4c5ccccc5ccc4c3c2)c([2H])c([2H])c1-c1ccc2/c(=C/C=C)c(=C)ccc2c1. The molecule has 0 fully saturated rings. The lowest BCUT2D eigenvalue weighted by Gasteiger charge is -2.28. The second-order valence-electron chi connectivity index (χ2n) is 15.9. The Morgan fingerprint density at radius 1 is 0.508 bits per heavy atom. The summed E-state index contributed by atoms with van der Waals surface area (Å²) < 4.78 is 47.6. The number of benzene rings is 10. The van der Waals surface area contributed by atoms with E-state index in [9.17, 15) is 5.48 Å². The molecule has 0 bridgehead atoms. The molecule has 0 aliphatic rings. The first kappa shape index (κ1) is 32.4. The van der Waals surface area contributed by atoms with Crippen molar-refractivity contribution < 1.29 is 9.90 Å². The zero-order valence-electron chi connectivity index (χ0n) is 38.2. The Balaban J connectivity index is 1.07. The Kier molecular flexibility index (Phi) is 7.53. The molecule has 0 N–H and O–H groups in total. The van der Waals surface area contributed by atoms with Gasteiger partial charge in [-0.25, -0.2) is 0 Å². The molecule has 12 aromatic rings. The van der Waals surface area contributed by atoms with Gasteiger partial charge in [-0.05, 0) is 122 Å². The summed E-state index contributed by atoms with van der Waals surface area (Å²) in [5.41, 5.74) is 8.81. The lowest BCUT2D eigenvalue weighted by atomic mass is 9.98. The van der Waals surface area contributed by atoms with Crippen molar-refractivity contribution in [1.29, 1.82) is 0 Å². The number of para-hydroxylation sites is 3. The van der Waals surface area contributed by atoms with Gasteiger partial charge >= 0.3 is 0 Å². The Labute approximate surface area is 370 Å². The van der Waals surface area contributed by atoms with Gasteiger partial charge < -0.3 is 13.9 Å². The van der Waals surface area contributed by atoms with Gasteiger partial charge in [0.2, 0.25) is 0 Å². The lowest BCUT2D eigenvalue weighted by Crippen LogP contribution is -2.23. The third-order valence-electron chi connectivity index (χ3n) is 12.3. The van der Waals surface area contributed by atoms with E-state index in [1.54, 1.807) is 6.08 Å². The van der Waals surface area contributed by atoms with Gasteiger partial charge in [-0.15, -0.1) is 0 Å². The van der Waals surface area contributed by atoms with Crippen LogP contribution in [0.5, 0.6) is 0 Å². The van der Waals surface area contributed by atoms with Crippen LogP contribution in [0, 0.1) is 0 Å². The summed E-state index contributed by atoms with van der Waals surface area (Å²) in [5, 5.41) is 10.1. The van der Waals surface area contributed by atoms with Gasteiger partial charge in [-0.2, -0.15) is 0 Å². The first-order valence-corrected chi connectivity index (χ1v) is 21.1. The maximum atomic E-state index is 9.81. The van der Waals surface area contributed by atoms with Crippen LogP contribution in [0.25, 0.3) is 106 Å². The van der Waals surface area contributed by atoms with Crippen molar-refractivity contribution >= 4 is 95.0 Å². The highest BCUT2D eigenvalue weighted by atomic mass is 16.3. The minimum Gasteiger partial charge on any atom is -0.455 e. The van der Waals surface area contributed by atoms with Gasteiger partial charge in [0.15, 0.2) is 0 Å². The molecule has 10 aromatic carbocycles. The molecule has 3 nitrogen and oxygen atoms in total. The first-order valence-electron chi connectivity index (χ1n) is 23.1. The molecule has 12 rings (SSSR count). The van der Waals surface area contributed by atoms with Crippen LogP contribution in [0.15, 0.2) is 223 Å². The molecule has 2 aromatic heterocycles. The molecule has 2 heterocycles. The number of nitrogens with zero attached hydrogens (tertiary/aromatic N) is 2. The van der Waals surface area contributed by atoms with Crippen LogP contribution in [0.1, 0.15) is 5.48 Å². The average molecular weight is 809 g/mol. The summed E-state index contributed by atoms with van der Waals surface area (Å²) in [4.78, 5) is 1.88. The number of hydrogen-bond donors (Lipinski definition) is 0. The third kappa shape index (κ3) is 5.97. The molecule has 0 aliphatic heterocycles. The fraction of sp³-hybridized carbons (Fsp3) is 0. The highest BCUT2D eigenvalue weighted by Crippen LogP contribution is 2.44. The van der Waals surface area contributed by atoms with Crippen LogP contribution < -0.4 is 15.3 Å². The second-order valence-corrected chi connectivity index (χ2v) is 15.9. The van der Waals surface area contributed by atoms with E-state index >= 15 is 0 Å². The van der Waals surface area contributed by atoms with Gasteiger partial charge in [0.1, 0.15) is 11.2 Å². The van der Waals surface area contributed by atoms with Crippen LogP contribution in [0.3, 0.4) is 0 Å². The van der Waals surface area contributed by atoms with E-state index in [0.29, 0.717) is 16.9 Å². The maximum Gasteiger partial charge on any atom is 0.143 e. The van der Waals surface area contributed by atoms with E-state index in [-0.39, 0.29) is 35.4 Å². The van der Waals surface area contributed by atoms with Crippen molar-refractivity contribution in [2.75, 3.05) is 4.90 Å². The van der Waals surface area contributed by atoms with Crippen LogP contribution in [-0.2, 0) is 0 Å². The summed E-state index contributed by atoms with van der Waals surface area (Å²) in [7, 11) is 0. The Morgan fingerprint density at radius 3 is 1.95 bits per heavy atom. The number of furan rings is 1. The average Bonchev–Trinajstić information content (AvgIpc) is 3.92. The standard InChI is InChI=1S/C60H40N2O/c1-3-12-48-39(2)21-22-43-37-42(26-34-49(43)48)40-23-28-45(29-24-40)61(46-30-32-47(33-31-46)62-57-19-10-7-16-52(57)53-17-8-11-20-58(53)62)56-18-9-6-14-50(56)44-27-36-59-55(38-44)54-35-25-41-13-4-5-15-51(41)60(54)63-59/h3-38H,1-2H2/b48-12+/i23D,24D,28D,29D. The normalized spacial score (nSPS) is 12.9. The minimum atomic E-state index is -0.158. The summed E-state index contributed by atoms with van der Waals surface area (Å²) in [5.74, 6) is 0. The molecule has 0 aliphatic carbocycles. The van der Waals surface area contributed by atoms with Crippen molar-refractivity contribution in [3.05, 3.63) is 229 Å². The van der Waals surface area contributed by atoms with Crippen molar-refractivity contribution in [2.45, 2.75) is 0 Å². The van der Waals surface area contributed by atoms with Crippen molar-refractivity contribution in [1.82, 2.24) is 4.57 Å². The number of allylic oxidation sites excluding steroid dienone is 1. The predicted molar refractivity (Wildman–Crippen MR) is 268 cm³/mol. The van der Waals surface area contributed by atoms with Crippen molar-refractivity contribution in [3.8, 4) is 27.9 Å². The van der Waals surface area contributed by atoms with Crippen LogP contribution in [0.4, 0.5) is 17.1 Å². The quantitative estimate of drug-likeness (QED) is 0.160. The molecular formula is C60H40N2O. The molecule has 63 heavy (non-hydrogen) atoms. The van der Waals surface area contributed by atoms with Crippen LogP contribution >= 0.6 is 0 Å². The van der Waals surface area contributed by atoms with Gasteiger partial charge in [0.25, 0.3) is 0 Å². The summed E-state index contributed by atoms with van der Waals surface area (Å²) >= 11 is 0. The van der Waals surface area contributed by atoms with Crippen LogP contribution in [0.2, 0.25) is 0 Å². The Morgan fingerprint density at radius 2 is 1.17 bits per heavy atom. The van der Waals surface area contributed by atoms with Crippen molar-refractivity contribution in [3.63, 3.8) is 0 Å². The van der Waals surface area contributed by atoms with E-state index in [1.807, 2.05) is 102 Å². The zero-order valence-corrected chi connectivity index (χ0v) is 34.2. The summed E-state index contributed by atoms with van der Waals surface area (Å²) in [6.45, 7) is 8.08. The van der Waals surface area contributed by atoms with Gasteiger partial charge in [0.05, 0.1) is 22.2 Å². The van der Waals surface area contributed by atoms with Crippen molar-refractivity contribution in [2.24, 2.45) is 0 Å².